The van der Waals surface area contributed by atoms with Crippen LogP contribution in [0.4, 0.5) is 0 Å². The van der Waals surface area contributed by atoms with Gasteiger partial charge in [0.15, 0.2) is 0 Å². The highest BCUT2D eigenvalue weighted by Crippen LogP contribution is 2.37. The Kier molecular flexibility index (Phi) is 7.58. The third-order valence-electron chi connectivity index (χ3n) is 5.81. The van der Waals surface area contributed by atoms with Gasteiger partial charge in [0.2, 0.25) is 0 Å². The summed E-state index contributed by atoms with van der Waals surface area (Å²) in [6, 6.07) is 9.15. The van der Waals surface area contributed by atoms with E-state index in [4.69, 9.17) is 9.31 Å². The number of aryl methyl sites for hydroxylation is 2. The van der Waals surface area contributed by atoms with E-state index >= 15 is 0 Å². The van der Waals surface area contributed by atoms with Gasteiger partial charge in [0.1, 0.15) is 0 Å². The van der Waals surface area contributed by atoms with Crippen LogP contribution in [-0.2, 0) is 22.2 Å². The fourth-order valence-corrected chi connectivity index (χ4v) is 3.35. The molecule has 0 bridgehead atoms. The van der Waals surface area contributed by atoms with E-state index in [2.05, 4.69) is 58.9 Å². The smallest absolute Gasteiger partial charge is 0.403 e. The second-order valence-corrected chi connectivity index (χ2v) is 8.56. The van der Waals surface area contributed by atoms with Crippen molar-refractivity contribution in [2.45, 2.75) is 104 Å². The second kappa shape index (κ2) is 9.23. The molecule has 0 radical (unpaired) electrons. The third-order valence-corrected chi connectivity index (χ3v) is 5.81. The van der Waals surface area contributed by atoms with Crippen LogP contribution in [0.15, 0.2) is 24.3 Å². The molecule has 0 amide bonds. The Labute approximate surface area is 155 Å². The summed E-state index contributed by atoms with van der Waals surface area (Å²) in [7, 11) is -0.0900. The predicted octanol–water partition coefficient (Wildman–Crippen LogP) is 6.22. The van der Waals surface area contributed by atoms with E-state index in [1.807, 2.05) is 0 Å². The zero-order valence-electron chi connectivity index (χ0n) is 17.1. The Morgan fingerprint density at radius 3 is 1.76 bits per heavy atom. The standard InChI is InChI=1S/C22H37BO2/c1-6-7-8-9-10-11-12-19-13-15-20(16-14-19)17-18-23-24-21(2,3)22(4,5)25-23/h13-16H,6-12,17-18H2,1-5H3. The van der Waals surface area contributed by atoms with E-state index < -0.39 is 0 Å². The van der Waals surface area contributed by atoms with Crippen molar-refractivity contribution in [1.82, 2.24) is 0 Å². The minimum atomic E-state index is -0.224. The molecule has 1 fully saturated rings. The summed E-state index contributed by atoms with van der Waals surface area (Å²) in [4.78, 5) is 0. The fraction of sp³-hybridized carbons (Fsp3) is 0.727. The molecule has 0 spiro atoms. The highest BCUT2D eigenvalue weighted by Gasteiger charge is 2.50. The molecule has 0 unspecified atom stereocenters. The Hall–Kier alpha value is -0.795. The Morgan fingerprint density at radius 1 is 0.720 bits per heavy atom. The Bertz CT molecular complexity index is 491. The van der Waals surface area contributed by atoms with Crippen LogP contribution in [0.25, 0.3) is 0 Å². The quantitative estimate of drug-likeness (QED) is 0.370. The van der Waals surface area contributed by atoms with Gasteiger partial charge in [-0.2, -0.15) is 0 Å². The van der Waals surface area contributed by atoms with Gasteiger partial charge >= 0.3 is 7.12 Å². The van der Waals surface area contributed by atoms with Gasteiger partial charge < -0.3 is 9.31 Å². The summed E-state index contributed by atoms with van der Waals surface area (Å²) in [6.45, 7) is 10.7. The van der Waals surface area contributed by atoms with Crippen molar-refractivity contribution < 1.29 is 9.31 Å². The molecule has 25 heavy (non-hydrogen) atoms. The minimum Gasteiger partial charge on any atom is -0.403 e. The molecular weight excluding hydrogens is 307 g/mol. The van der Waals surface area contributed by atoms with Gasteiger partial charge in [-0.15, -0.1) is 0 Å². The summed E-state index contributed by atoms with van der Waals surface area (Å²) >= 11 is 0. The molecule has 2 nitrogen and oxygen atoms in total. The molecule has 3 heteroatoms. The highest BCUT2D eigenvalue weighted by atomic mass is 16.7. The molecule has 0 saturated carbocycles. The predicted molar refractivity (Wildman–Crippen MR) is 108 cm³/mol. The average molecular weight is 344 g/mol. The van der Waals surface area contributed by atoms with Crippen LogP contribution in [0, 0.1) is 0 Å². The van der Waals surface area contributed by atoms with Crippen LogP contribution < -0.4 is 0 Å². The van der Waals surface area contributed by atoms with Gasteiger partial charge in [-0.25, -0.2) is 0 Å². The molecule has 0 aliphatic carbocycles. The van der Waals surface area contributed by atoms with Crippen molar-refractivity contribution in [3.8, 4) is 0 Å². The largest absolute Gasteiger partial charge is 0.458 e. The van der Waals surface area contributed by atoms with Crippen molar-refractivity contribution in [2.24, 2.45) is 0 Å². The molecule has 1 aromatic rings. The lowest BCUT2D eigenvalue weighted by Gasteiger charge is -2.32. The van der Waals surface area contributed by atoms with Crippen molar-refractivity contribution in [2.75, 3.05) is 0 Å². The SMILES string of the molecule is CCCCCCCCc1ccc(CCB2OC(C)(C)C(C)(C)O2)cc1. The maximum atomic E-state index is 6.08. The van der Waals surface area contributed by atoms with Gasteiger partial charge in [-0.05, 0) is 64.4 Å². The number of hydrogen-bond donors (Lipinski definition) is 0. The van der Waals surface area contributed by atoms with Crippen molar-refractivity contribution >= 4 is 7.12 Å². The van der Waals surface area contributed by atoms with Gasteiger partial charge in [0, 0.05) is 0 Å². The van der Waals surface area contributed by atoms with Crippen LogP contribution in [-0.4, -0.2) is 18.3 Å². The van der Waals surface area contributed by atoms with Crippen LogP contribution in [0.5, 0.6) is 0 Å². The molecule has 140 valence electrons. The molecule has 1 saturated heterocycles. The molecule has 0 N–H and O–H groups in total. The van der Waals surface area contributed by atoms with E-state index in [9.17, 15) is 0 Å². The zero-order chi connectivity index (χ0) is 18.3. The number of rotatable bonds is 10. The Balaban J connectivity index is 1.69. The number of benzene rings is 1. The van der Waals surface area contributed by atoms with Crippen molar-refractivity contribution in [3.05, 3.63) is 35.4 Å². The molecule has 1 heterocycles. The lowest BCUT2D eigenvalue weighted by Crippen LogP contribution is -2.41. The molecule has 0 atom stereocenters. The first-order chi connectivity index (χ1) is 11.8. The van der Waals surface area contributed by atoms with E-state index in [1.54, 1.807) is 0 Å². The molecule has 1 aliphatic rings. The topological polar surface area (TPSA) is 18.5 Å². The molecule has 1 aromatic carbocycles. The molecule has 2 rings (SSSR count). The maximum absolute atomic E-state index is 6.08. The van der Waals surface area contributed by atoms with E-state index in [0.29, 0.717) is 0 Å². The normalized spacial score (nSPS) is 18.7. The second-order valence-electron chi connectivity index (χ2n) is 8.56. The first-order valence-corrected chi connectivity index (χ1v) is 10.3. The Morgan fingerprint density at radius 2 is 1.20 bits per heavy atom. The van der Waals surface area contributed by atoms with Gasteiger partial charge in [-0.1, -0.05) is 63.3 Å². The van der Waals surface area contributed by atoms with E-state index in [0.717, 1.165) is 12.7 Å². The van der Waals surface area contributed by atoms with Crippen LogP contribution in [0.3, 0.4) is 0 Å². The first kappa shape index (κ1) is 20.5. The van der Waals surface area contributed by atoms with E-state index in [-0.39, 0.29) is 18.3 Å². The first-order valence-electron chi connectivity index (χ1n) is 10.3. The summed E-state index contributed by atoms with van der Waals surface area (Å²) < 4.78 is 12.2. The highest BCUT2D eigenvalue weighted by molar-refractivity contribution is 6.45. The van der Waals surface area contributed by atoms with Crippen molar-refractivity contribution in [3.63, 3.8) is 0 Å². The van der Waals surface area contributed by atoms with Gasteiger partial charge in [-0.3, -0.25) is 0 Å². The summed E-state index contributed by atoms with van der Waals surface area (Å²) in [6.07, 6.45) is 11.3. The number of unbranched alkanes of at least 4 members (excludes halogenated alkanes) is 5. The lowest BCUT2D eigenvalue weighted by atomic mass is 9.81. The monoisotopic (exact) mass is 344 g/mol. The van der Waals surface area contributed by atoms with Crippen LogP contribution >= 0.6 is 0 Å². The van der Waals surface area contributed by atoms with Crippen LogP contribution in [0.2, 0.25) is 6.32 Å². The number of hydrogen-bond acceptors (Lipinski definition) is 2. The summed E-state index contributed by atoms with van der Waals surface area (Å²) in [5.41, 5.74) is 2.40. The molecular formula is C22H37BO2. The molecule has 0 aromatic heterocycles. The maximum Gasteiger partial charge on any atom is 0.458 e. The molecule has 1 aliphatic heterocycles. The van der Waals surface area contributed by atoms with Crippen LogP contribution in [0.1, 0.15) is 84.3 Å². The summed E-state index contributed by atoms with van der Waals surface area (Å²) in [5.74, 6) is 0. The summed E-state index contributed by atoms with van der Waals surface area (Å²) in [5, 5.41) is 0. The zero-order valence-corrected chi connectivity index (χ0v) is 17.1. The van der Waals surface area contributed by atoms with Crippen molar-refractivity contribution in [1.29, 1.82) is 0 Å². The lowest BCUT2D eigenvalue weighted by molar-refractivity contribution is 0.00578. The van der Waals surface area contributed by atoms with E-state index in [1.165, 1.54) is 56.1 Å². The fourth-order valence-electron chi connectivity index (χ4n) is 3.35. The third kappa shape index (κ3) is 6.15. The van der Waals surface area contributed by atoms with Gasteiger partial charge in [0.05, 0.1) is 11.2 Å². The van der Waals surface area contributed by atoms with Gasteiger partial charge in [0.25, 0.3) is 0 Å². The minimum absolute atomic E-state index is 0.0900. The average Bonchev–Trinajstić information content (AvgIpc) is 2.77.